The van der Waals surface area contributed by atoms with Crippen LogP contribution in [0.1, 0.15) is 93.6 Å². The third-order valence-corrected chi connectivity index (χ3v) is 11.2. The van der Waals surface area contributed by atoms with Crippen LogP contribution in [0, 0.1) is 23.7 Å². The summed E-state index contributed by atoms with van der Waals surface area (Å²) in [5.41, 5.74) is 1.83. The van der Waals surface area contributed by atoms with Gasteiger partial charge in [-0.15, -0.1) is 0 Å². The molecule has 0 aromatic heterocycles. The molecule has 65 heavy (non-hydrogen) atoms. The predicted octanol–water partition coefficient (Wildman–Crippen LogP) is 1.51. The zero-order chi connectivity index (χ0) is 49.1. The standard InChI is InChI=1S/C46H69N7O12/c1-11-32-43(59)48-30(9)42(58)52-35(21-24(2)3)44(60)53-38(46(63)64)28(7)40(56)47-29(8)41(57)50-33(27(6)39(55)51-34(45(61)62)19-20-37(54)49-32)18-17-25(4)22-26(5)36(65-10)23-31-15-13-12-14-16-31/h12-18,22,24,26-30,32-36,38H,11,19-21,23H2,1-10H3,(H,47,56)(H,48,59)(H,49,54)(H,50,57)(H,51,55)(H,52,58)(H,53,60)(H,61,62)(H,63,64)/b18-17+,25-22+/t26-,27-,28-,29-,30+,32?,33?,34?,35-,36-,38?/m0/s1. The molecule has 7 amide bonds. The predicted molar refractivity (Wildman–Crippen MR) is 240 cm³/mol. The molecular weight excluding hydrogens is 843 g/mol. The molecule has 0 aliphatic carbocycles. The van der Waals surface area contributed by atoms with Crippen molar-refractivity contribution in [2.75, 3.05) is 7.11 Å². The van der Waals surface area contributed by atoms with Gasteiger partial charge in [0.25, 0.3) is 0 Å². The van der Waals surface area contributed by atoms with Gasteiger partial charge < -0.3 is 52.2 Å². The second-order valence-corrected chi connectivity index (χ2v) is 17.1. The summed E-state index contributed by atoms with van der Waals surface area (Å²) in [6.45, 7) is 14.3. The first-order valence-corrected chi connectivity index (χ1v) is 22.0. The number of nitrogens with one attached hydrogen (secondary N) is 7. The highest BCUT2D eigenvalue weighted by Gasteiger charge is 2.37. The molecule has 4 unspecified atom stereocenters. The molecule has 0 saturated carbocycles. The number of carbonyl (C=O) groups is 9. The summed E-state index contributed by atoms with van der Waals surface area (Å²) in [6, 6.07) is 0.361. The Balaban J connectivity index is 2.56. The lowest BCUT2D eigenvalue weighted by Crippen LogP contribution is -2.59. The van der Waals surface area contributed by atoms with E-state index in [0.29, 0.717) is 6.42 Å². The zero-order valence-corrected chi connectivity index (χ0v) is 39.1. The molecule has 1 aliphatic heterocycles. The highest BCUT2D eigenvalue weighted by molar-refractivity contribution is 5.97. The van der Waals surface area contributed by atoms with Crippen molar-refractivity contribution in [2.24, 2.45) is 23.7 Å². The minimum Gasteiger partial charge on any atom is -0.480 e. The molecule has 19 heteroatoms. The molecule has 0 radical (unpaired) electrons. The fraction of sp³-hybridized carbons (Fsp3) is 0.587. The Labute approximate surface area is 381 Å². The first-order valence-electron chi connectivity index (χ1n) is 22.0. The summed E-state index contributed by atoms with van der Waals surface area (Å²) in [6.07, 6.45) is 4.98. The summed E-state index contributed by atoms with van der Waals surface area (Å²) in [7, 11) is 1.62. The van der Waals surface area contributed by atoms with Crippen molar-refractivity contribution in [3.05, 3.63) is 59.7 Å². The molecule has 0 spiro atoms. The number of ether oxygens (including phenoxy) is 1. The van der Waals surface area contributed by atoms with Crippen LogP contribution in [0.3, 0.4) is 0 Å². The van der Waals surface area contributed by atoms with Crippen LogP contribution in [-0.2, 0) is 54.3 Å². The number of rotatable bonds is 12. The first kappa shape index (κ1) is 55.0. The van der Waals surface area contributed by atoms with E-state index < -0.39 is 114 Å². The van der Waals surface area contributed by atoms with Gasteiger partial charge in [-0.2, -0.15) is 0 Å². The van der Waals surface area contributed by atoms with E-state index in [4.69, 9.17) is 4.74 Å². The van der Waals surface area contributed by atoms with E-state index in [9.17, 15) is 53.4 Å². The highest BCUT2D eigenvalue weighted by atomic mass is 16.5. The fourth-order valence-electron chi connectivity index (χ4n) is 7.01. The van der Waals surface area contributed by atoms with Crippen molar-refractivity contribution in [1.82, 2.24) is 37.2 Å². The Hall–Kier alpha value is -6.11. The molecule has 1 aromatic carbocycles. The number of methoxy groups -OCH3 is 1. The minimum atomic E-state index is -1.81. The van der Waals surface area contributed by atoms with Crippen molar-refractivity contribution >= 4 is 53.3 Å². The molecular formula is C46H69N7O12. The Morgan fingerprint density at radius 3 is 1.85 bits per heavy atom. The van der Waals surface area contributed by atoms with Gasteiger partial charge in [0.05, 0.1) is 24.0 Å². The largest absolute Gasteiger partial charge is 0.480 e. The third-order valence-electron chi connectivity index (χ3n) is 11.2. The number of allylic oxidation sites excluding steroid dienone is 2. The van der Waals surface area contributed by atoms with Gasteiger partial charge in [-0.3, -0.25) is 33.6 Å². The molecule has 360 valence electrons. The van der Waals surface area contributed by atoms with Crippen molar-refractivity contribution in [2.45, 2.75) is 143 Å². The minimum absolute atomic E-state index is 0.0506. The lowest BCUT2D eigenvalue weighted by Gasteiger charge is -2.28. The number of carbonyl (C=O) groups excluding carboxylic acids is 7. The van der Waals surface area contributed by atoms with Gasteiger partial charge in [0.15, 0.2) is 0 Å². The molecule has 0 bridgehead atoms. The number of carboxylic acid groups (broad SMARTS) is 2. The molecule has 1 aliphatic rings. The second kappa shape index (κ2) is 26.6. The van der Waals surface area contributed by atoms with Crippen LogP contribution >= 0.6 is 0 Å². The van der Waals surface area contributed by atoms with Crippen LogP contribution in [0.25, 0.3) is 0 Å². The van der Waals surface area contributed by atoms with Gasteiger partial charge in [0.1, 0.15) is 36.3 Å². The van der Waals surface area contributed by atoms with Gasteiger partial charge in [-0.05, 0) is 57.9 Å². The maximum Gasteiger partial charge on any atom is 0.327 e. The van der Waals surface area contributed by atoms with Crippen LogP contribution in [0.5, 0.6) is 0 Å². The molecule has 1 heterocycles. The molecule has 9 N–H and O–H groups in total. The fourth-order valence-corrected chi connectivity index (χ4v) is 7.01. The van der Waals surface area contributed by atoms with E-state index in [1.54, 1.807) is 40.0 Å². The number of hydrogen-bond acceptors (Lipinski definition) is 10. The Morgan fingerprint density at radius 1 is 0.723 bits per heavy atom. The summed E-state index contributed by atoms with van der Waals surface area (Å²) in [5.74, 6) is -11.5. The average molecular weight is 912 g/mol. The molecule has 2 rings (SSSR count). The molecule has 11 atom stereocenters. The van der Waals surface area contributed by atoms with Gasteiger partial charge in [0, 0.05) is 19.4 Å². The summed E-state index contributed by atoms with van der Waals surface area (Å²) in [4.78, 5) is 119. The lowest BCUT2D eigenvalue weighted by molar-refractivity contribution is -0.146. The van der Waals surface area contributed by atoms with Crippen molar-refractivity contribution in [1.29, 1.82) is 0 Å². The normalized spacial score (nSPS) is 27.6. The van der Waals surface area contributed by atoms with Crippen LogP contribution in [0.2, 0.25) is 0 Å². The Bertz CT molecular complexity index is 1900. The van der Waals surface area contributed by atoms with Gasteiger partial charge >= 0.3 is 11.9 Å². The Morgan fingerprint density at radius 2 is 1.29 bits per heavy atom. The smallest absolute Gasteiger partial charge is 0.327 e. The number of amides is 7. The number of benzene rings is 1. The van der Waals surface area contributed by atoms with E-state index in [2.05, 4.69) is 37.2 Å². The third kappa shape index (κ3) is 18.1. The maximum atomic E-state index is 13.7. The zero-order valence-electron chi connectivity index (χ0n) is 39.1. The van der Waals surface area contributed by atoms with E-state index in [1.165, 1.54) is 27.7 Å². The first-order chi connectivity index (χ1) is 30.5. The summed E-state index contributed by atoms with van der Waals surface area (Å²) >= 11 is 0. The van der Waals surface area contributed by atoms with E-state index >= 15 is 0 Å². The molecule has 1 aromatic rings. The van der Waals surface area contributed by atoms with Crippen LogP contribution in [0.15, 0.2) is 54.1 Å². The van der Waals surface area contributed by atoms with Crippen molar-refractivity contribution < 1.29 is 58.1 Å². The van der Waals surface area contributed by atoms with Gasteiger partial charge in [-0.25, -0.2) is 9.59 Å². The number of hydrogen-bond donors (Lipinski definition) is 9. The van der Waals surface area contributed by atoms with Crippen LogP contribution < -0.4 is 37.2 Å². The molecule has 1 fully saturated rings. The molecule has 19 nitrogen and oxygen atoms in total. The topological polar surface area (TPSA) is 288 Å². The van der Waals surface area contributed by atoms with Crippen LogP contribution in [0.4, 0.5) is 0 Å². The van der Waals surface area contributed by atoms with Crippen molar-refractivity contribution in [3.63, 3.8) is 0 Å². The van der Waals surface area contributed by atoms with E-state index in [-0.39, 0.29) is 37.2 Å². The van der Waals surface area contributed by atoms with Gasteiger partial charge in [-0.1, -0.05) is 95.7 Å². The van der Waals surface area contributed by atoms with Crippen molar-refractivity contribution in [3.8, 4) is 0 Å². The summed E-state index contributed by atoms with van der Waals surface area (Å²) in [5, 5.41) is 37.7. The monoisotopic (exact) mass is 912 g/mol. The lowest BCUT2D eigenvalue weighted by atomic mass is 9.94. The van der Waals surface area contributed by atoms with E-state index in [0.717, 1.165) is 11.1 Å². The number of carboxylic acids is 2. The summed E-state index contributed by atoms with van der Waals surface area (Å²) < 4.78 is 5.78. The molecule has 1 saturated heterocycles. The number of aliphatic carboxylic acids is 2. The quantitative estimate of drug-likeness (QED) is 0.135. The Kier molecular flexibility index (Phi) is 22.5. The second-order valence-electron chi connectivity index (χ2n) is 17.1. The van der Waals surface area contributed by atoms with Gasteiger partial charge in [0.2, 0.25) is 41.4 Å². The SMILES string of the molecule is CCC1NC(=O)CCC(C(=O)O)NC(=O)[C@@H](C)C(/C=C/C(C)=C/[C@H](C)[C@H](Cc2ccccc2)OC)NC(=O)[C@H](C)NC(=O)[C@@H](C)C(C(=O)O)NC(=O)[C@H](CC(C)C)NC(=O)[C@@H](C)NC1=O. The van der Waals surface area contributed by atoms with Crippen LogP contribution in [-0.4, -0.2) is 119 Å². The van der Waals surface area contributed by atoms with E-state index in [1.807, 2.05) is 50.3 Å². The maximum absolute atomic E-state index is 13.7. The average Bonchev–Trinajstić information content (AvgIpc) is 3.24. The highest BCUT2D eigenvalue weighted by Crippen LogP contribution is 2.18.